The van der Waals surface area contributed by atoms with Crippen LogP contribution in [0.5, 0.6) is 0 Å². The molecule has 5 nitrogen and oxygen atoms in total. The van der Waals surface area contributed by atoms with Gasteiger partial charge in [0.1, 0.15) is 6.01 Å². The number of anilines is 1. The van der Waals surface area contributed by atoms with E-state index in [1.165, 1.54) is 6.08 Å². The number of rotatable bonds is 7. The SMILES string of the molecule is NCc1ccc(C(=O)Nc2ccncc2)cc1-c1cccc(C=CC(=O)SCF)c1. The Morgan fingerprint density at radius 2 is 1.90 bits per heavy atom. The lowest BCUT2D eigenvalue weighted by Crippen LogP contribution is -2.12. The van der Waals surface area contributed by atoms with Crippen molar-refractivity contribution in [3.63, 3.8) is 0 Å². The van der Waals surface area contributed by atoms with Crippen LogP contribution in [0.1, 0.15) is 21.5 Å². The lowest BCUT2D eigenvalue weighted by Gasteiger charge is -2.12. The predicted molar refractivity (Wildman–Crippen MR) is 120 cm³/mol. The number of pyridine rings is 1. The number of hydrogen-bond donors (Lipinski definition) is 2. The maximum atomic E-state index is 12.7. The fourth-order valence-corrected chi connectivity index (χ4v) is 3.15. The number of halogens is 1. The molecule has 1 heterocycles. The molecule has 2 aromatic carbocycles. The van der Waals surface area contributed by atoms with Crippen LogP contribution in [0.3, 0.4) is 0 Å². The zero-order valence-corrected chi connectivity index (χ0v) is 16.9. The molecule has 0 spiro atoms. The van der Waals surface area contributed by atoms with E-state index in [1.807, 2.05) is 30.3 Å². The van der Waals surface area contributed by atoms with Crippen molar-refractivity contribution >= 4 is 34.5 Å². The quantitative estimate of drug-likeness (QED) is 0.542. The summed E-state index contributed by atoms with van der Waals surface area (Å²) in [6.45, 7) is 0.313. The third-order valence-electron chi connectivity index (χ3n) is 4.34. The summed E-state index contributed by atoms with van der Waals surface area (Å²) < 4.78 is 12.2. The van der Waals surface area contributed by atoms with Crippen molar-refractivity contribution in [2.75, 3.05) is 11.3 Å². The minimum Gasteiger partial charge on any atom is -0.326 e. The number of nitrogens with one attached hydrogen (secondary N) is 1. The first-order valence-electron chi connectivity index (χ1n) is 9.16. The fraction of sp³-hybridized carbons (Fsp3) is 0.0870. The molecule has 0 aliphatic heterocycles. The van der Waals surface area contributed by atoms with Crippen LogP contribution in [0, 0.1) is 0 Å². The van der Waals surface area contributed by atoms with Gasteiger partial charge in [0.05, 0.1) is 0 Å². The summed E-state index contributed by atoms with van der Waals surface area (Å²) in [5.74, 6) is -0.240. The molecule has 0 aliphatic rings. The Morgan fingerprint density at radius 1 is 1.10 bits per heavy atom. The van der Waals surface area contributed by atoms with Crippen molar-refractivity contribution in [1.82, 2.24) is 4.98 Å². The number of carbonyl (C=O) groups is 2. The number of nitrogens with two attached hydrogens (primary N) is 1. The van der Waals surface area contributed by atoms with E-state index in [1.54, 1.807) is 42.7 Å². The predicted octanol–water partition coefficient (Wildman–Crippen LogP) is 4.66. The molecule has 3 rings (SSSR count). The number of benzene rings is 2. The van der Waals surface area contributed by atoms with Gasteiger partial charge in [0.25, 0.3) is 5.91 Å². The smallest absolute Gasteiger partial charge is 0.255 e. The first-order chi connectivity index (χ1) is 14.6. The van der Waals surface area contributed by atoms with E-state index < -0.39 is 6.01 Å². The molecule has 0 saturated carbocycles. The minimum atomic E-state index is -0.753. The summed E-state index contributed by atoms with van der Waals surface area (Å²) in [6, 6.07) is 15.5. The van der Waals surface area contributed by atoms with E-state index in [0.717, 1.165) is 22.3 Å². The van der Waals surface area contributed by atoms with Crippen LogP contribution in [-0.4, -0.2) is 22.0 Å². The molecule has 3 N–H and O–H groups in total. The molecular formula is C23H20FN3O2S. The molecule has 0 atom stereocenters. The number of hydrogen-bond acceptors (Lipinski definition) is 5. The zero-order valence-electron chi connectivity index (χ0n) is 16.0. The number of carbonyl (C=O) groups excluding carboxylic acids is 2. The highest BCUT2D eigenvalue weighted by Crippen LogP contribution is 2.27. The third-order valence-corrected chi connectivity index (χ3v) is 4.87. The maximum Gasteiger partial charge on any atom is 0.255 e. The average molecular weight is 421 g/mol. The second kappa shape index (κ2) is 10.5. The van der Waals surface area contributed by atoms with Crippen LogP contribution in [0.4, 0.5) is 10.1 Å². The highest BCUT2D eigenvalue weighted by atomic mass is 32.2. The van der Waals surface area contributed by atoms with Gasteiger partial charge in [-0.2, -0.15) is 0 Å². The van der Waals surface area contributed by atoms with Crippen molar-refractivity contribution in [3.8, 4) is 11.1 Å². The molecule has 0 radical (unpaired) electrons. The molecule has 152 valence electrons. The Balaban J connectivity index is 1.89. The van der Waals surface area contributed by atoms with Gasteiger partial charge in [-0.05, 0) is 70.4 Å². The largest absolute Gasteiger partial charge is 0.326 e. The van der Waals surface area contributed by atoms with E-state index >= 15 is 0 Å². The molecule has 30 heavy (non-hydrogen) atoms. The van der Waals surface area contributed by atoms with Crippen LogP contribution in [0.25, 0.3) is 17.2 Å². The molecule has 0 saturated heterocycles. The Labute approximate surface area is 178 Å². The Morgan fingerprint density at radius 3 is 2.63 bits per heavy atom. The van der Waals surface area contributed by atoms with Crippen LogP contribution in [0.15, 0.2) is 73.1 Å². The van der Waals surface area contributed by atoms with E-state index in [4.69, 9.17) is 5.73 Å². The van der Waals surface area contributed by atoms with Gasteiger partial charge in [-0.1, -0.05) is 30.3 Å². The Bertz CT molecular complexity index is 1070. The topological polar surface area (TPSA) is 85.1 Å². The minimum absolute atomic E-state index is 0.240. The summed E-state index contributed by atoms with van der Waals surface area (Å²) in [7, 11) is 0. The number of aromatic nitrogens is 1. The van der Waals surface area contributed by atoms with Crippen molar-refractivity contribution in [2.24, 2.45) is 5.73 Å². The van der Waals surface area contributed by atoms with E-state index in [0.29, 0.717) is 29.6 Å². The molecule has 0 bridgehead atoms. The van der Waals surface area contributed by atoms with Gasteiger partial charge < -0.3 is 11.1 Å². The standard InChI is InChI=1S/C23H20FN3O2S/c24-15-30-22(28)7-4-16-2-1-3-17(12-16)21-13-18(5-6-19(21)14-25)23(29)27-20-8-10-26-11-9-20/h1-13H,14-15,25H2,(H,26,27,29). The number of thioether (sulfide) groups is 1. The fourth-order valence-electron chi connectivity index (χ4n) is 2.88. The van der Waals surface area contributed by atoms with Crippen molar-refractivity contribution < 1.29 is 14.0 Å². The lowest BCUT2D eigenvalue weighted by molar-refractivity contribution is -0.107. The van der Waals surface area contributed by atoms with Gasteiger partial charge in [-0.15, -0.1) is 0 Å². The zero-order chi connectivity index (χ0) is 21.3. The maximum absolute atomic E-state index is 12.7. The summed E-state index contributed by atoms with van der Waals surface area (Å²) in [5.41, 5.74) is 10.4. The van der Waals surface area contributed by atoms with Gasteiger partial charge in [0.15, 0.2) is 0 Å². The van der Waals surface area contributed by atoms with Crippen LogP contribution < -0.4 is 11.1 Å². The first-order valence-corrected chi connectivity index (χ1v) is 10.1. The average Bonchev–Trinajstić information content (AvgIpc) is 2.78. The lowest BCUT2D eigenvalue weighted by atomic mass is 9.95. The van der Waals surface area contributed by atoms with Gasteiger partial charge in [0.2, 0.25) is 5.12 Å². The molecule has 1 amide bonds. The molecule has 7 heteroatoms. The molecule has 0 aliphatic carbocycles. The molecular weight excluding hydrogens is 401 g/mol. The Kier molecular flexibility index (Phi) is 7.48. The highest BCUT2D eigenvalue weighted by Gasteiger charge is 2.11. The number of alkyl halides is 1. The first kappa shape index (κ1) is 21.4. The second-order valence-corrected chi connectivity index (χ2v) is 7.21. The van der Waals surface area contributed by atoms with E-state index in [2.05, 4.69) is 10.3 Å². The summed E-state index contributed by atoms with van der Waals surface area (Å²) >= 11 is 0.606. The van der Waals surface area contributed by atoms with Crippen molar-refractivity contribution in [1.29, 1.82) is 0 Å². The summed E-state index contributed by atoms with van der Waals surface area (Å²) in [4.78, 5) is 28.1. The molecule has 3 aromatic rings. The van der Waals surface area contributed by atoms with Gasteiger partial charge in [0, 0.05) is 30.2 Å². The van der Waals surface area contributed by atoms with Crippen molar-refractivity contribution in [3.05, 3.63) is 89.8 Å². The number of nitrogens with zero attached hydrogens (tertiary/aromatic N) is 1. The van der Waals surface area contributed by atoms with Crippen LogP contribution in [0.2, 0.25) is 0 Å². The van der Waals surface area contributed by atoms with Crippen LogP contribution >= 0.6 is 11.8 Å². The van der Waals surface area contributed by atoms with Gasteiger partial charge in [-0.3, -0.25) is 14.6 Å². The van der Waals surface area contributed by atoms with E-state index in [9.17, 15) is 14.0 Å². The summed E-state index contributed by atoms with van der Waals surface area (Å²) in [6.07, 6.45) is 6.19. The monoisotopic (exact) mass is 421 g/mol. The summed E-state index contributed by atoms with van der Waals surface area (Å²) in [5, 5.41) is 2.49. The van der Waals surface area contributed by atoms with Gasteiger partial charge in [-0.25, -0.2) is 4.39 Å². The van der Waals surface area contributed by atoms with Gasteiger partial charge >= 0.3 is 0 Å². The van der Waals surface area contributed by atoms with E-state index in [-0.39, 0.29) is 11.0 Å². The third kappa shape index (κ3) is 5.62. The second-order valence-electron chi connectivity index (χ2n) is 6.30. The molecule has 0 fully saturated rings. The molecule has 1 aromatic heterocycles. The highest BCUT2D eigenvalue weighted by molar-refractivity contribution is 8.13. The molecule has 0 unspecified atom stereocenters. The normalized spacial score (nSPS) is 10.9. The van der Waals surface area contributed by atoms with Crippen LogP contribution in [-0.2, 0) is 11.3 Å². The Hall–Kier alpha value is -3.29. The van der Waals surface area contributed by atoms with Crippen molar-refractivity contribution in [2.45, 2.75) is 6.54 Å². The number of amides is 1.